The Hall–Kier alpha value is -1.93. The Morgan fingerprint density at radius 3 is 2.45 bits per heavy atom. The summed E-state index contributed by atoms with van der Waals surface area (Å²) in [4.78, 5) is 33.4. The lowest BCUT2D eigenvalue weighted by Crippen LogP contribution is -2.42. The molecule has 20 heavy (non-hydrogen) atoms. The third-order valence-electron chi connectivity index (χ3n) is 2.31. The number of carboxylic acid groups (broad SMARTS) is 1. The van der Waals surface area contributed by atoms with E-state index in [2.05, 4.69) is 26.6 Å². The minimum Gasteiger partial charge on any atom is -0.479 e. The van der Waals surface area contributed by atoms with E-state index in [1.165, 1.54) is 0 Å². The van der Waals surface area contributed by atoms with Gasteiger partial charge < -0.3 is 20.8 Å². The predicted octanol–water partition coefficient (Wildman–Crippen LogP) is -0.259. The number of aliphatic hydroxyl groups is 1. The fraction of sp³-hybridized carbons (Fsp3) is 0.250. The van der Waals surface area contributed by atoms with Gasteiger partial charge in [0, 0.05) is 4.47 Å². The number of hydrogen-bond donors (Lipinski definition) is 4. The Kier molecular flexibility index (Phi) is 6.13. The topological polar surface area (TPSA) is 116 Å². The zero-order valence-corrected chi connectivity index (χ0v) is 11.9. The molecule has 1 aromatic rings. The lowest BCUT2D eigenvalue weighted by atomic mass is 10.2. The highest BCUT2D eigenvalue weighted by Gasteiger charge is 2.15. The molecule has 8 heteroatoms. The highest BCUT2D eigenvalue weighted by atomic mass is 79.9. The monoisotopic (exact) mass is 344 g/mol. The Bertz CT molecular complexity index is 520. The summed E-state index contributed by atoms with van der Waals surface area (Å²) in [6.45, 7) is -0.731. The fourth-order valence-corrected chi connectivity index (χ4v) is 1.73. The highest BCUT2D eigenvalue weighted by Crippen LogP contribution is 2.15. The van der Waals surface area contributed by atoms with Crippen LogP contribution in [0.25, 0.3) is 0 Å². The number of carboxylic acids is 1. The van der Waals surface area contributed by atoms with Crippen LogP contribution >= 0.6 is 15.9 Å². The Labute approximate surface area is 123 Å². The molecule has 0 radical (unpaired) electrons. The minimum atomic E-state index is -1.67. The van der Waals surface area contributed by atoms with Gasteiger partial charge in [-0.3, -0.25) is 9.59 Å². The zero-order valence-electron chi connectivity index (χ0n) is 10.3. The maximum absolute atomic E-state index is 11.8. The molecule has 1 unspecified atom stereocenters. The Morgan fingerprint density at radius 1 is 1.20 bits per heavy atom. The molecule has 1 aromatic carbocycles. The first-order valence-electron chi connectivity index (χ1n) is 5.62. The lowest BCUT2D eigenvalue weighted by molar-refractivity contribution is -0.146. The summed E-state index contributed by atoms with van der Waals surface area (Å²) in [7, 11) is 0. The number of benzene rings is 1. The van der Waals surface area contributed by atoms with E-state index >= 15 is 0 Å². The van der Waals surface area contributed by atoms with Gasteiger partial charge in [-0.1, -0.05) is 12.1 Å². The van der Waals surface area contributed by atoms with Crippen LogP contribution in [0.5, 0.6) is 0 Å². The maximum atomic E-state index is 11.8. The predicted molar refractivity (Wildman–Crippen MR) is 73.1 cm³/mol. The van der Waals surface area contributed by atoms with Crippen LogP contribution in [0.3, 0.4) is 0 Å². The van der Waals surface area contributed by atoms with Gasteiger partial charge in [0.2, 0.25) is 5.91 Å². The summed E-state index contributed by atoms with van der Waals surface area (Å²) >= 11 is 3.21. The summed E-state index contributed by atoms with van der Waals surface area (Å²) in [5.41, 5.74) is 0.380. The SMILES string of the molecule is O=C(CNC(=O)c1ccccc1Br)NCC(O)C(=O)O. The van der Waals surface area contributed by atoms with Gasteiger partial charge in [0.15, 0.2) is 6.10 Å². The summed E-state index contributed by atoms with van der Waals surface area (Å²) in [6, 6.07) is 6.72. The molecule has 0 aliphatic carbocycles. The lowest BCUT2D eigenvalue weighted by Gasteiger charge is -2.09. The highest BCUT2D eigenvalue weighted by molar-refractivity contribution is 9.10. The minimum absolute atomic E-state index is 0.313. The van der Waals surface area contributed by atoms with Crippen LogP contribution in [0.15, 0.2) is 28.7 Å². The number of carbonyl (C=O) groups excluding carboxylic acids is 2. The van der Waals surface area contributed by atoms with Crippen LogP contribution in [-0.4, -0.2) is 47.2 Å². The van der Waals surface area contributed by atoms with Crippen molar-refractivity contribution >= 4 is 33.7 Å². The molecule has 0 aromatic heterocycles. The van der Waals surface area contributed by atoms with E-state index in [0.29, 0.717) is 10.0 Å². The molecule has 2 amide bonds. The van der Waals surface area contributed by atoms with Crippen LogP contribution in [0.1, 0.15) is 10.4 Å². The third-order valence-corrected chi connectivity index (χ3v) is 3.00. The summed E-state index contributed by atoms with van der Waals surface area (Å²) < 4.78 is 0.596. The van der Waals surface area contributed by atoms with Crippen molar-refractivity contribution in [2.75, 3.05) is 13.1 Å². The second kappa shape index (κ2) is 7.61. The zero-order chi connectivity index (χ0) is 15.1. The molecule has 1 atom stereocenters. The van der Waals surface area contributed by atoms with Crippen LogP contribution < -0.4 is 10.6 Å². The molecular weight excluding hydrogens is 332 g/mol. The summed E-state index contributed by atoms with van der Waals surface area (Å²) in [6.07, 6.45) is -1.67. The van der Waals surface area contributed by atoms with E-state index in [4.69, 9.17) is 10.2 Å². The van der Waals surface area contributed by atoms with Crippen molar-refractivity contribution in [2.24, 2.45) is 0 Å². The first-order chi connectivity index (χ1) is 9.41. The number of aliphatic carboxylic acids is 1. The van der Waals surface area contributed by atoms with Gasteiger partial charge >= 0.3 is 5.97 Å². The quantitative estimate of drug-likeness (QED) is 0.567. The maximum Gasteiger partial charge on any atom is 0.334 e. The standard InChI is InChI=1S/C12H13BrN2O5/c13-8-4-2-1-3-7(8)11(18)15-6-10(17)14-5-9(16)12(19)20/h1-4,9,16H,5-6H2,(H,14,17)(H,15,18)(H,19,20). The van der Waals surface area contributed by atoms with Crippen molar-refractivity contribution in [2.45, 2.75) is 6.10 Å². The first kappa shape index (κ1) is 16.1. The molecule has 0 saturated heterocycles. The molecule has 108 valence electrons. The average molecular weight is 345 g/mol. The smallest absolute Gasteiger partial charge is 0.334 e. The van der Waals surface area contributed by atoms with Crippen molar-refractivity contribution in [1.82, 2.24) is 10.6 Å². The molecule has 0 aliphatic rings. The van der Waals surface area contributed by atoms with E-state index in [0.717, 1.165) is 0 Å². The largest absolute Gasteiger partial charge is 0.479 e. The molecule has 1 rings (SSSR count). The number of amides is 2. The summed E-state index contributed by atoms with van der Waals surface area (Å²) in [5, 5.41) is 21.9. The molecule has 4 N–H and O–H groups in total. The van der Waals surface area contributed by atoms with E-state index < -0.39 is 30.4 Å². The van der Waals surface area contributed by atoms with Crippen molar-refractivity contribution < 1.29 is 24.6 Å². The molecule has 0 fully saturated rings. The molecule has 0 bridgehead atoms. The normalized spacial score (nSPS) is 11.5. The molecular formula is C12H13BrN2O5. The van der Waals surface area contributed by atoms with E-state index in [-0.39, 0.29) is 6.54 Å². The molecule has 0 aliphatic heterocycles. The van der Waals surface area contributed by atoms with Gasteiger partial charge in [0.05, 0.1) is 18.7 Å². The van der Waals surface area contributed by atoms with Gasteiger partial charge in [-0.25, -0.2) is 4.79 Å². The fourth-order valence-electron chi connectivity index (χ4n) is 1.26. The van der Waals surface area contributed by atoms with Crippen molar-refractivity contribution in [1.29, 1.82) is 0 Å². The molecule has 0 spiro atoms. The van der Waals surface area contributed by atoms with Crippen LogP contribution in [0, 0.1) is 0 Å². The third kappa shape index (κ3) is 4.98. The number of rotatable bonds is 6. The first-order valence-corrected chi connectivity index (χ1v) is 6.41. The molecule has 0 saturated carbocycles. The van der Waals surface area contributed by atoms with Crippen LogP contribution in [0.4, 0.5) is 0 Å². The van der Waals surface area contributed by atoms with Gasteiger partial charge in [-0.2, -0.15) is 0 Å². The number of carbonyl (C=O) groups is 3. The van der Waals surface area contributed by atoms with Crippen molar-refractivity contribution in [3.05, 3.63) is 34.3 Å². The average Bonchev–Trinajstić information content (AvgIpc) is 2.42. The van der Waals surface area contributed by atoms with Crippen molar-refractivity contribution in [3.8, 4) is 0 Å². The van der Waals surface area contributed by atoms with Crippen molar-refractivity contribution in [3.63, 3.8) is 0 Å². The van der Waals surface area contributed by atoms with E-state index in [1.54, 1.807) is 24.3 Å². The van der Waals surface area contributed by atoms with Gasteiger partial charge in [0.25, 0.3) is 5.91 Å². The molecule has 7 nitrogen and oxygen atoms in total. The second-order valence-electron chi connectivity index (χ2n) is 3.82. The van der Waals surface area contributed by atoms with Gasteiger partial charge in [-0.15, -0.1) is 0 Å². The van der Waals surface area contributed by atoms with E-state index in [9.17, 15) is 14.4 Å². The van der Waals surface area contributed by atoms with Gasteiger partial charge in [-0.05, 0) is 28.1 Å². The number of hydrogen-bond acceptors (Lipinski definition) is 4. The Balaban J connectivity index is 2.40. The second-order valence-corrected chi connectivity index (χ2v) is 4.67. The van der Waals surface area contributed by atoms with E-state index in [1.807, 2.05) is 0 Å². The molecule has 0 heterocycles. The number of aliphatic hydroxyl groups excluding tert-OH is 1. The summed E-state index contributed by atoms with van der Waals surface area (Å²) in [5.74, 6) is -2.46. The van der Waals surface area contributed by atoms with Gasteiger partial charge in [0.1, 0.15) is 0 Å². The van der Waals surface area contributed by atoms with Crippen LogP contribution in [0.2, 0.25) is 0 Å². The number of nitrogens with one attached hydrogen (secondary N) is 2. The van der Waals surface area contributed by atoms with Crippen LogP contribution in [-0.2, 0) is 9.59 Å². The number of halogens is 1. The Morgan fingerprint density at radius 2 is 1.85 bits per heavy atom.